The lowest BCUT2D eigenvalue weighted by Gasteiger charge is -2.28. The third kappa shape index (κ3) is 7.20. The molecule has 0 bridgehead atoms. The van der Waals surface area contributed by atoms with Crippen LogP contribution in [0.5, 0.6) is 11.6 Å². The number of aliphatic hydroxyl groups is 1. The zero-order chi connectivity index (χ0) is 32.4. The first-order chi connectivity index (χ1) is 21.3. The fourth-order valence-electron chi connectivity index (χ4n) is 5.74. The zero-order valence-corrected chi connectivity index (χ0v) is 26.5. The number of benzene rings is 1. The van der Waals surface area contributed by atoms with Crippen LogP contribution in [0.15, 0.2) is 35.3 Å². The quantitative estimate of drug-likeness (QED) is 0.230. The SMILES string of the molecule is CCOc1nc(C)nc2c1N=CC2[C@@H]1O[C@](F)(COP(=O)(NC(C)C(=O)OC2CCCCC2)Oc2ccccc2)[C@@H](F)[C@@]1(C)O. The van der Waals surface area contributed by atoms with Gasteiger partial charge in [-0.2, -0.15) is 10.1 Å². The summed E-state index contributed by atoms with van der Waals surface area (Å²) in [6, 6.07) is 6.70. The van der Waals surface area contributed by atoms with Crippen molar-refractivity contribution in [1.82, 2.24) is 15.1 Å². The first-order valence-electron chi connectivity index (χ1n) is 15.1. The molecule has 0 spiro atoms. The normalized spacial score (nSPS) is 30.0. The van der Waals surface area contributed by atoms with Crippen LogP contribution in [0, 0.1) is 6.92 Å². The van der Waals surface area contributed by atoms with Crippen molar-refractivity contribution in [2.24, 2.45) is 4.99 Å². The average Bonchev–Trinajstić information content (AvgIpc) is 3.50. The van der Waals surface area contributed by atoms with Crippen LogP contribution < -0.4 is 14.3 Å². The summed E-state index contributed by atoms with van der Waals surface area (Å²) < 4.78 is 73.8. The van der Waals surface area contributed by atoms with E-state index in [1.807, 2.05) is 0 Å². The molecule has 3 heterocycles. The number of fused-ring (bicyclic) bond motifs is 1. The molecule has 2 N–H and O–H groups in total. The van der Waals surface area contributed by atoms with Gasteiger partial charge in [-0.05, 0) is 65.5 Å². The second kappa shape index (κ2) is 13.4. The van der Waals surface area contributed by atoms with Gasteiger partial charge in [0.25, 0.3) is 5.85 Å². The van der Waals surface area contributed by atoms with Gasteiger partial charge in [0.2, 0.25) is 5.88 Å². The van der Waals surface area contributed by atoms with Crippen LogP contribution in [0.25, 0.3) is 0 Å². The van der Waals surface area contributed by atoms with Crippen LogP contribution in [0.4, 0.5) is 14.5 Å². The minimum absolute atomic E-state index is 0.0852. The topological polar surface area (TPSA) is 151 Å². The van der Waals surface area contributed by atoms with Crippen molar-refractivity contribution in [3.05, 3.63) is 41.9 Å². The third-order valence-corrected chi connectivity index (χ3v) is 9.63. The molecule has 1 saturated heterocycles. The summed E-state index contributed by atoms with van der Waals surface area (Å²) in [6.07, 6.45) is 1.32. The highest BCUT2D eigenvalue weighted by Gasteiger charge is 2.66. The Labute approximate surface area is 260 Å². The Morgan fingerprint density at radius 3 is 2.62 bits per heavy atom. The van der Waals surface area contributed by atoms with Crippen LogP contribution in [-0.4, -0.2) is 76.3 Å². The van der Waals surface area contributed by atoms with E-state index in [9.17, 15) is 14.5 Å². The molecule has 5 rings (SSSR count). The minimum atomic E-state index is -4.57. The number of aliphatic imine (C=N–C) groups is 1. The molecule has 246 valence electrons. The summed E-state index contributed by atoms with van der Waals surface area (Å²) in [5, 5.41) is 13.7. The molecular weight excluding hydrogens is 613 g/mol. The molecule has 1 aromatic heterocycles. The van der Waals surface area contributed by atoms with E-state index in [0.29, 0.717) is 12.4 Å². The summed E-state index contributed by atoms with van der Waals surface area (Å²) in [4.78, 5) is 25.7. The number of esters is 1. The van der Waals surface area contributed by atoms with Gasteiger partial charge in [-0.1, -0.05) is 24.6 Å². The van der Waals surface area contributed by atoms with Crippen molar-refractivity contribution in [2.75, 3.05) is 13.2 Å². The van der Waals surface area contributed by atoms with Gasteiger partial charge in [-0.15, -0.1) is 0 Å². The first kappa shape index (κ1) is 33.3. The summed E-state index contributed by atoms with van der Waals surface area (Å²) >= 11 is 0. The number of hydrogen-bond acceptors (Lipinski definition) is 11. The van der Waals surface area contributed by atoms with E-state index in [4.69, 9.17) is 23.3 Å². The number of rotatable bonds is 12. The highest BCUT2D eigenvalue weighted by atomic mass is 31.2. The summed E-state index contributed by atoms with van der Waals surface area (Å²) in [5.41, 5.74) is -1.84. The number of halogens is 2. The lowest BCUT2D eigenvalue weighted by Crippen LogP contribution is -2.48. The van der Waals surface area contributed by atoms with Crippen LogP contribution >= 0.6 is 7.75 Å². The van der Waals surface area contributed by atoms with Crippen molar-refractivity contribution in [3.8, 4) is 11.6 Å². The first-order valence-corrected chi connectivity index (χ1v) is 16.7. The number of carbonyl (C=O) groups excluding carboxylic acids is 1. The Hall–Kier alpha value is -3.03. The average molecular weight is 653 g/mol. The van der Waals surface area contributed by atoms with Crippen LogP contribution in [-0.2, 0) is 23.4 Å². The number of hydrogen-bond donors (Lipinski definition) is 2. The van der Waals surface area contributed by atoms with Crippen molar-refractivity contribution in [1.29, 1.82) is 0 Å². The molecule has 45 heavy (non-hydrogen) atoms. The maximum absolute atomic E-state index is 16.4. The van der Waals surface area contributed by atoms with Gasteiger partial charge in [-0.3, -0.25) is 14.3 Å². The molecule has 3 unspecified atom stereocenters. The lowest BCUT2D eigenvalue weighted by molar-refractivity contribution is -0.178. The standard InChI is InChI=1S/C30H39F2N4O8P/c1-5-40-26-24-23(34-19(3)35-26)22(16-33-24)25-29(4,38)28(31)30(32,43-25)17-41-45(39,44-21-14-10-7-11-15-21)36-18(2)27(37)42-20-12-8-6-9-13-20/h7,10-11,14-16,18,20,22,25,28,38H,5-6,8-9,12-13,17H2,1-4H3,(H,36,39)/t18?,22?,25-,28-,29-,30+,45?/m0/s1. The predicted molar refractivity (Wildman–Crippen MR) is 159 cm³/mol. The Morgan fingerprint density at radius 2 is 1.93 bits per heavy atom. The molecule has 0 radical (unpaired) electrons. The van der Waals surface area contributed by atoms with Crippen molar-refractivity contribution < 1.29 is 46.5 Å². The molecule has 2 fully saturated rings. The van der Waals surface area contributed by atoms with E-state index in [1.54, 1.807) is 32.0 Å². The van der Waals surface area contributed by atoms with Gasteiger partial charge in [0, 0.05) is 6.21 Å². The molecule has 15 heteroatoms. The molecule has 0 amide bonds. The maximum Gasteiger partial charge on any atom is 0.459 e. The van der Waals surface area contributed by atoms with Gasteiger partial charge in [0.15, 0.2) is 6.17 Å². The van der Waals surface area contributed by atoms with E-state index < -0.39 is 56.0 Å². The highest BCUT2D eigenvalue weighted by Crippen LogP contribution is 2.52. The number of ether oxygens (including phenoxy) is 3. The zero-order valence-electron chi connectivity index (χ0n) is 25.7. The molecule has 7 atom stereocenters. The van der Waals surface area contributed by atoms with Crippen molar-refractivity contribution >= 4 is 25.6 Å². The largest absolute Gasteiger partial charge is 0.476 e. The smallest absolute Gasteiger partial charge is 0.459 e. The Kier molecular flexibility index (Phi) is 9.90. The molecule has 2 aliphatic heterocycles. The molecule has 1 saturated carbocycles. The number of nitrogens with one attached hydrogen (secondary N) is 1. The maximum atomic E-state index is 16.4. The predicted octanol–water partition coefficient (Wildman–Crippen LogP) is 5.19. The lowest BCUT2D eigenvalue weighted by atomic mass is 9.85. The van der Waals surface area contributed by atoms with Crippen molar-refractivity contribution in [3.63, 3.8) is 0 Å². The van der Waals surface area contributed by atoms with Crippen molar-refractivity contribution in [2.45, 2.75) is 102 Å². The Morgan fingerprint density at radius 1 is 1.22 bits per heavy atom. The fourth-order valence-corrected chi connectivity index (χ4v) is 7.24. The molecule has 1 aromatic carbocycles. The fraction of sp³-hybridized carbons (Fsp3) is 0.600. The summed E-state index contributed by atoms with van der Waals surface area (Å²) in [5.74, 6) is -4.32. The molecular formula is C30H39F2N4O8P. The van der Waals surface area contributed by atoms with E-state index >= 15 is 8.78 Å². The number of carbonyl (C=O) groups is 1. The number of para-hydroxylation sites is 1. The molecule has 12 nitrogen and oxygen atoms in total. The second-order valence-corrected chi connectivity index (χ2v) is 13.4. The highest BCUT2D eigenvalue weighted by molar-refractivity contribution is 7.52. The van der Waals surface area contributed by atoms with Crippen LogP contribution in [0.1, 0.15) is 70.3 Å². The Bertz CT molecular complexity index is 1440. The Balaban J connectivity index is 1.34. The third-order valence-electron chi connectivity index (χ3n) is 8.01. The monoisotopic (exact) mass is 652 g/mol. The number of nitrogens with zero attached hydrogens (tertiary/aromatic N) is 3. The van der Waals surface area contributed by atoms with Gasteiger partial charge in [0.1, 0.15) is 47.7 Å². The van der Waals surface area contributed by atoms with Gasteiger partial charge >= 0.3 is 13.7 Å². The number of aryl methyl sites for hydroxylation is 1. The van der Waals surface area contributed by atoms with E-state index in [0.717, 1.165) is 39.0 Å². The van der Waals surface area contributed by atoms with Gasteiger partial charge in [-0.25, -0.2) is 18.3 Å². The van der Waals surface area contributed by atoms with Crippen LogP contribution in [0.3, 0.4) is 0 Å². The van der Waals surface area contributed by atoms with E-state index in [-0.39, 0.29) is 29.1 Å². The number of aromatic nitrogens is 2. The summed E-state index contributed by atoms with van der Waals surface area (Å²) in [6.45, 7) is 4.93. The van der Waals surface area contributed by atoms with E-state index in [2.05, 4.69) is 20.0 Å². The summed E-state index contributed by atoms with van der Waals surface area (Å²) in [7, 11) is -4.57. The minimum Gasteiger partial charge on any atom is -0.476 e. The van der Waals surface area contributed by atoms with Gasteiger partial charge in [0.05, 0.1) is 18.2 Å². The molecule has 3 aliphatic rings. The molecule has 1 aliphatic carbocycles. The van der Waals surface area contributed by atoms with Crippen LogP contribution in [0.2, 0.25) is 0 Å². The molecule has 2 aromatic rings. The van der Waals surface area contributed by atoms with E-state index in [1.165, 1.54) is 25.3 Å². The second-order valence-electron chi connectivity index (χ2n) is 11.7. The number of alkyl halides is 2. The van der Waals surface area contributed by atoms with Gasteiger partial charge < -0.3 is 23.8 Å².